The van der Waals surface area contributed by atoms with Crippen LogP contribution in [0, 0.1) is 6.92 Å². The van der Waals surface area contributed by atoms with Crippen LogP contribution in [0.2, 0.25) is 0 Å². The maximum atomic E-state index is 12.4. The lowest BCUT2D eigenvalue weighted by Gasteiger charge is -2.29. The fraction of sp³-hybridized carbons (Fsp3) is 0.500. The molecule has 0 spiro atoms. The van der Waals surface area contributed by atoms with Gasteiger partial charge in [0, 0.05) is 5.38 Å². The smallest absolute Gasteiger partial charge is 0.329 e. The number of carbonyl (C=O) groups is 2. The standard InChI is InChI=1S/C18H22N2O4S/c1-12-6-7-14(24-12)16-19-13(11-25-16)10-15(21)20-18(17(22)23)8-4-2-3-5-9-18/h6-7,11H,2-5,8-10H2,1H3,(H,20,21)(H,22,23). The summed E-state index contributed by atoms with van der Waals surface area (Å²) >= 11 is 1.41. The molecule has 134 valence electrons. The van der Waals surface area contributed by atoms with E-state index in [4.69, 9.17) is 4.42 Å². The van der Waals surface area contributed by atoms with Crippen molar-refractivity contribution in [3.05, 3.63) is 29.0 Å². The van der Waals surface area contributed by atoms with Crippen molar-refractivity contribution in [1.29, 1.82) is 0 Å². The molecule has 25 heavy (non-hydrogen) atoms. The zero-order valence-corrected chi connectivity index (χ0v) is 15.0. The predicted octanol–water partition coefficient (Wildman–Crippen LogP) is 3.55. The first-order valence-electron chi connectivity index (χ1n) is 8.54. The highest BCUT2D eigenvalue weighted by molar-refractivity contribution is 7.13. The van der Waals surface area contributed by atoms with E-state index in [1.165, 1.54) is 11.3 Å². The summed E-state index contributed by atoms with van der Waals surface area (Å²) in [6, 6.07) is 3.72. The number of nitrogens with one attached hydrogen (secondary N) is 1. The second kappa shape index (κ2) is 7.39. The minimum atomic E-state index is -1.13. The first kappa shape index (κ1) is 17.7. The molecule has 1 aliphatic carbocycles. The molecule has 7 heteroatoms. The summed E-state index contributed by atoms with van der Waals surface area (Å²) in [6.07, 6.45) is 4.73. The van der Waals surface area contributed by atoms with Gasteiger partial charge < -0.3 is 14.8 Å². The van der Waals surface area contributed by atoms with E-state index < -0.39 is 11.5 Å². The molecule has 3 rings (SSSR count). The van der Waals surface area contributed by atoms with Gasteiger partial charge >= 0.3 is 5.97 Å². The number of thiazole rings is 1. The maximum absolute atomic E-state index is 12.4. The summed E-state index contributed by atoms with van der Waals surface area (Å²) in [5.74, 6) is 0.255. The van der Waals surface area contributed by atoms with E-state index in [-0.39, 0.29) is 12.3 Å². The van der Waals surface area contributed by atoms with Crippen LogP contribution in [0.5, 0.6) is 0 Å². The fourth-order valence-corrected chi connectivity index (χ4v) is 4.03. The molecule has 2 N–H and O–H groups in total. The molecule has 1 fully saturated rings. The Kier molecular flexibility index (Phi) is 5.22. The number of amides is 1. The van der Waals surface area contributed by atoms with Crippen LogP contribution in [0.25, 0.3) is 10.8 Å². The number of carboxylic acids is 1. The van der Waals surface area contributed by atoms with Crippen LogP contribution >= 0.6 is 11.3 Å². The van der Waals surface area contributed by atoms with E-state index in [0.717, 1.165) is 36.5 Å². The molecule has 1 saturated carbocycles. The Morgan fingerprint density at radius 3 is 2.60 bits per heavy atom. The predicted molar refractivity (Wildman–Crippen MR) is 94.5 cm³/mol. The molecule has 0 radical (unpaired) electrons. The van der Waals surface area contributed by atoms with E-state index in [1.54, 1.807) is 0 Å². The van der Waals surface area contributed by atoms with Crippen molar-refractivity contribution in [1.82, 2.24) is 10.3 Å². The van der Waals surface area contributed by atoms with Crippen LogP contribution in [0.1, 0.15) is 50.0 Å². The third kappa shape index (κ3) is 4.10. The molecule has 0 saturated heterocycles. The van der Waals surface area contributed by atoms with E-state index >= 15 is 0 Å². The highest BCUT2D eigenvalue weighted by Gasteiger charge is 2.40. The monoisotopic (exact) mass is 362 g/mol. The average molecular weight is 362 g/mol. The Morgan fingerprint density at radius 1 is 1.28 bits per heavy atom. The van der Waals surface area contributed by atoms with Gasteiger partial charge in [0.15, 0.2) is 10.8 Å². The summed E-state index contributed by atoms with van der Waals surface area (Å²) in [7, 11) is 0. The van der Waals surface area contributed by atoms with E-state index in [1.807, 2.05) is 24.4 Å². The summed E-state index contributed by atoms with van der Waals surface area (Å²) in [5.41, 5.74) is -0.509. The number of aliphatic carboxylic acids is 1. The molecule has 6 nitrogen and oxygen atoms in total. The first-order chi connectivity index (χ1) is 12.0. The Hall–Kier alpha value is -2.15. The molecule has 0 atom stereocenters. The molecular weight excluding hydrogens is 340 g/mol. The number of aromatic nitrogens is 1. The number of furan rings is 1. The second-order valence-corrected chi connectivity index (χ2v) is 7.44. The minimum Gasteiger partial charge on any atom is -0.480 e. The summed E-state index contributed by atoms with van der Waals surface area (Å²) < 4.78 is 5.54. The normalized spacial score (nSPS) is 17.0. The Morgan fingerprint density at radius 2 is 2.00 bits per heavy atom. The number of carbonyl (C=O) groups excluding carboxylic acids is 1. The maximum Gasteiger partial charge on any atom is 0.329 e. The minimum absolute atomic E-state index is 0.0746. The lowest BCUT2D eigenvalue weighted by Crippen LogP contribution is -2.54. The van der Waals surface area contributed by atoms with Gasteiger partial charge in [-0.05, 0) is 31.9 Å². The van der Waals surface area contributed by atoms with E-state index in [2.05, 4.69) is 10.3 Å². The summed E-state index contributed by atoms with van der Waals surface area (Å²) in [6.45, 7) is 1.86. The molecule has 0 aliphatic heterocycles. The van der Waals surface area contributed by atoms with E-state index in [0.29, 0.717) is 24.3 Å². The van der Waals surface area contributed by atoms with Gasteiger partial charge in [0.1, 0.15) is 11.3 Å². The van der Waals surface area contributed by atoms with Crippen LogP contribution in [0.3, 0.4) is 0 Å². The first-order valence-corrected chi connectivity index (χ1v) is 9.42. The highest BCUT2D eigenvalue weighted by atomic mass is 32.1. The zero-order valence-electron chi connectivity index (χ0n) is 14.2. The zero-order chi connectivity index (χ0) is 17.9. The van der Waals surface area contributed by atoms with E-state index in [9.17, 15) is 14.7 Å². The SMILES string of the molecule is Cc1ccc(-c2nc(CC(=O)NC3(C(=O)O)CCCCCC3)cs2)o1. The van der Waals surface area contributed by atoms with Crippen LogP contribution < -0.4 is 5.32 Å². The van der Waals surface area contributed by atoms with Gasteiger partial charge in [0.05, 0.1) is 12.1 Å². The molecule has 2 aromatic rings. The molecule has 0 aromatic carbocycles. The summed E-state index contributed by atoms with van der Waals surface area (Å²) in [4.78, 5) is 28.6. The van der Waals surface area contributed by atoms with Gasteiger partial charge in [-0.2, -0.15) is 0 Å². The molecular formula is C18H22N2O4S. The lowest BCUT2D eigenvalue weighted by atomic mass is 9.90. The van der Waals surface area contributed by atoms with Crippen molar-refractivity contribution >= 4 is 23.2 Å². The fourth-order valence-electron chi connectivity index (χ4n) is 3.25. The van der Waals surface area contributed by atoms with Crippen molar-refractivity contribution < 1.29 is 19.1 Å². The van der Waals surface area contributed by atoms with Crippen LogP contribution in [-0.2, 0) is 16.0 Å². The van der Waals surface area contributed by atoms with Crippen LogP contribution in [0.15, 0.2) is 21.9 Å². The third-order valence-corrected chi connectivity index (χ3v) is 5.50. The molecule has 0 unspecified atom stereocenters. The number of hydrogen-bond acceptors (Lipinski definition) is 5. The van der Waals surface area contributed by atoms with Gasteiger partial charge in [-0.1, -0.05) is 25.7 Å². The van der Waals surface area contributed by atoms with Gasteiger partial charge in [0.2, 0.25) is 5.91 Å². The van der Waals surface area contributed by atoms with Crippen LogP contribution in [-0.4, -0.2) is 27.5 Å². The van der Waals surface area contributed by atoms with Crippen molar-refractivity contribution in [2.75, 3.05) is 0 Å². The lowest BCUT2D eigenvalue weighted by molar-refractivity contribution is -0.148. The number of carboxylic acid groups (broad SMARTS) is 1. The Balaban J connectivity index is 1.67. The molecule has 1 aliphatic rings. The molecule has 2 aromatic heterocycles. The number of aryl methyl sites for hydroxylation is 1. The second-order valence-electron chi connectivity index (χ2n) is 6.58. The van der Waals surface area contributed by atoms with Crippen molar-refractivity contribution in [2.45, 2.75) is 57.4 Å². The molecule has 0 bridgehead atoms. The van der Waals surface area contributed by atoms with Crippen molar-refractivity contribution in [3.63, 3.8) is 0 Å². The van der Waals surface area contributed by atoms with Crippen molar-refractivity contribution in [2.24, 2.45) is 0 Å². The topological polar surface area (TPSA) is 92.4 Å². The van der Waals surface area contributed by atoms with Crippen molar-refractivity contribution in [3.8, 4) is 10.8 Å². The van der Waals surface area contributed by atoms with Gasteiger partial charge in [-0.25, -0.2) is 9.78 Å². The Labute approximate surface area is 150 Å². The Bertz CT molecular complexity index is 757. The van der Waals surface area contributed by atoms with Crippen LogP contribution in [0.4, 0.5) is 0 Å². The summed E-state index contributed by atoms with van der Waals surface area (Å²) in [5, 5.41) is 15.0. The van der Waals surface area contributed by atoms with Gasteiger partial charge in [-0.3, -0.25) is 4.79 Å². The number of rotatable bonds is 5. The van der Waals surface area contributed by atoms with Gasteiger partial charge in [0.25, 0.3) is 0 Å². The van der Waals surface area contributed by atoms with Gasteiger partial charge in [-0.15, -0.1) is 11.3 Å². The quantitative estimate of drug-likeness (QED) is 0.794. The number of hydrogen-bond donors (Lipinski definition) is 2. The largest absolute Gasteiger partial charge is 0.480 e. The molecule has 1 amide bonds. The third-order valence-electron chi connectivity index (χ3n) is 4.59. The highest BCUT2D eigenvalue weighted by Crippen LogP contribution is 2.28. The number of nitrogens with zero attached hydrogens (tertiary/aromatic N) is 1. The average Bonchev–Trinajstić information content (AvgIpc) is 3.12. The molecule has 2 heterocycles.